The molecule has 2 aromatic carbocycles. The van der Waals surface area contributed by atoms with Gasteiger partial charge in [0.25, 0.3) is 5.70 Å². The molecule has 3 aromatic heterocycles. The zero-order valence-corrected chi connectivity index (χ0v) is 30.9. The van der Waals surface area contributed by atoms with Gasteiger partial charge in [0.2, 0.25) is 11.6 Å². The Bertz CT molecular complexity index is 3000. The monoisotopic (exact) mass is 738 g/mol. The van der Waals surface area contributed by atoms with Crippen molar-refractivity contribution in [2.75, 3.05) is 0 Å². The van der Waals surface area contributed by atoms with E-state index < -0.39 is 5.41 Å². The molecule has 0 unspecified atom stereocenters. The SMILES string of the molecule is [C-]#[N+]C(C#N)=C1C(=Nc2cc3sc4c5c(sc4c3s2)C2=C(C=C(N=C3C(=O)c4ccccc4C3=C(C#N)C#N)C2(C)C)C5(C)C)C(=O)c2ccccc21. The van der Waals surface area contributed by atoms with Crippen molar-refractivity contribution < 1.29 is 9.59 Å². The normalized spacial score (nSPS) is 19.9. The van der Waals surface area contributed by atoms with Crippen LogP contribution in [0.3, 0.4) is 0 Å². The largest absolute Gasteiger partial charge is 0.287 e. The van der Waals surface area contributed by atoms with Crippen LogP contribution in [0.5, 0.6) is 0 Å². The summed E-state index contributed by atoms with van der Waals surface area (Å²) in [5.74, 6) is -0.607. The standard InChI is InChI=1S/C42H22N6O2S3/c1-41(2)24-14-27(47-33-29(19(16-43)17-44)20-10-6-8-12-22(20)35(33)49)42(3,4)31(24)38-32(41)39-40(53-38)37-26(51-39)15-28(52-37)48-34-30(25(18-45)46-5)21-11-7-9-13-23(21)36(34)50/h6-15H,1-4H3. The number of aliphatic imine (C=N–C) groups is 2. The molecule has 11 heteroatoms. The highest BCUT2D eigenvalue weighted by molar-refractivity contribution is 7.40. The zero-order chi connectivity index (χ0) is 37.1. The van der Waals surface area contributed by atoms with Gasteiger partial charge in [-0.25, -0.2) is 20.1 Å². The van der Waals surface area contributed by atoms with Gasteiger partial charge in [0.05, 0.1) is 32.4 Å². The minimum absolute atomic E-state index is 0.111. The summed E-state index contributed by atoms with van der Waals surface area (Å²) in [4.78, 5) is 41.6. The number of hydrogen-bond donors (Lipinski definition) is 0. The lowest BCUT2D eigenvalue weighted by Gasteiger charge is -2.24. The van der Waals surface area contributed by atoms with Crippen LogP contribution in [-0.2, 0) is 5.41 Å². The molecule has 8 nitrogen and oxygen atoms in total. The quantitative estimate of drug-likeness (QED) is 0.131. The molecule has 53 heavy (non-hydrogen) atoms. The summed E-state index contributed by atoms with van der Waals surface area (Å²) >= 11 is 4.90. The highest BCUT2D eigenvalue weighted by Crippen LogP contribution is 2.65. The number of thiophene rings is 3. The third-order valence-electron chi connectivity index (χ3n) is 10.5. The van der Waals surface area contributed by atoms with Crippen LogP contribution in [0, 0.1) is 46.0 Å². The predicted molar refractivity (Wildman–Crippen MR) is 210 cm³/mol. The van der Waals surface area contributed by atoms with Crippen LogP contribution >= 0.6 is 34.0 Å². The Morgan fingerprint density at radius 2 is 1.34 bits per heavy atom. The number of benzene rings is 2. The van der Waals surface area contributed by atoms with Crippen molar-refractivity contribution >= 4 is 97.5 Å². The van der Waals surface area contributed by atoms with Gasteiger partial charge >= 0.3 is 0 Å². The zero-order valence-electron chi connectivity index (χ0n) is 28.5. The first-order chi connectivity index (χ1) is 25.5. The highest BCUT2D eigenvalue weighted by atomic mass is 32.1. The van der Waals surface area contributed by atoms with Crippen molar-refractivity contribution in [3.8, 4) is 18.2 Å². The number of fused-ring (bicyclic) bond motifs is 8. The first kappa shape index (κ1) is 32.6. The average molecular weight is 739 g/mol. The Kier molecular flexibility index (Phi) is 6.81. The van der Waals surface area contributed by atoms with Gasteiger partial charge in [0.1, 0.15) is 34.1 Å². The smallest absolute Gasteiger partial charge is 0.271 e. The summed E-state index contributed by atoms with van der Waals surface area (Å²) in [6.07, 6.45) is 2.08. The average Bonchev–Trinajstić information content (AvgIpc) is 3.98. The molecule has 3 heterocycles. The maximum Gasteiger partial charge on any atom is 0.271 e. The Balaban J connectivity index is 1.14. The van der Waals surface area contributed by atoms with Crippen molar-refractivity contribution in [3.05, 3.63) is 127 Å². The number of rotatable bonds is 2. The van der Waals surface area contributed by atoms with Crippen LogP contribution in [0.4, 0.5) is 5.00 Å². The Morgan fingerprint density at radius 3 is 1.94 bits per heavy atom. The van der Waals surface area contributed by atoms with E-state index in [1.807, 2.05) is 24.3 Å². The first-order valence-electron chi connectivity index (χ1n) is 16.5. The molecule has 0 aliphatic heterocycles. The van der Waals surface area contributed by atoms with Gasteiger partial charge in [0, 0.05) is 42.7 Å². The fraction of sp³-hybridized carbons (Fsp3) is 0.143. The fourth-order valence-electron chi connectivity index (χ4n) is 7.97. The number of ketones is 2. The summed E-state index contributed by atoms with van der Waals surface area (Å²) in [5.41, 5.74) is 5.70. The number of allylic oxidation sites excluding steroid dienone is 7. The predicted octanol–water partition coefficient (Wildman–Crippen LogP) is 10.4. The number of nitriles is 3. The second-order valence-electron chi connectivity index (χ2n) is 14.0. The Morgan fingerprint density at radius 1 is 0.736 bits per heavy atom. The lowest BCUT2D eigenvalue weighted by Crippen LogP contribution is -2.17. The van der Waals surface area contributed by atoms with E-state index in [1.54, 1.807) is 71.2 Å². The molecular formula is C42H22N6O2S3. The van der Waals surface area contributed by atoms with Crippen molar-refractivity contribution in [2.24, 2.45) is 15.4 Å². The number of hydrogen-bond acceptors (Lipinski definition) is 10. The third-order valence-corrected chi connectivity index (χ3v) is 14.3. The lowest BCUT2D eigenvalue weighted by molar-refractivity contribution is 0.106. The van der Waals surface area contributed by atoms with E-state index in [-0.39, 0.29) is 50.8 Å². The van der Waals surface area contributed by atoms with Crippen LogP contribution in [0.15, 0.2) is 93.2 Å². The van der Waals surface area contributed by atoms with Gasteiger partial charge in [-0.05, 0) is 40.0 Å². The van der Waals surface area contributed by atoms with Gasteiger partial charge < -0.3 is 0 Å². The molecule has 0 fully saturated rings. The summed E-state index contributed by atoms with van der Waals surface area (Å²) in [6.45, 7) is 16.2. The fourth-order valence-corrected chi connectivity index (χ4v) is 12.6. The number of Topliss-reactive ketones (excluding diaryl/α,β-unsaturated/α-hetero) is 2. The second kappa shape index (κ2) is 11.1. The molecule has 250 valence electrons. The van der Waals surface area contributed by atoms with E-state index in [1.165, 1.54) is 26.5 Å². The minimum atomic E-state index is -0.592. The molecule has 0 saturated heterocycles. The Hall–Kier alpha value is -6.34. The molecule has 4 aliphatic carbocycles. The molecular weight excluding hydrogens is 717 g/mol. The molecule has 9 rings (SSSR count). The van der Waals surface area contributed by atoms with Crippen LogP contribution in [0.2, 0.25) is 0 Å². The van der Waals surface area contributed by atoms with E-state index in [9.17, 15) is 25.4 Å². The number of carbonyl (C=O) groups excluding carboxylic acids is 2. The summed E-state index contributed by atoms with van der Waals surface area (Å²) < 4.78 is 4.45. The number of carbonyl (C=O) groups is 2. The van der Waals surface area contributed by atoms with Crippen LogP contribution in [0.1, 0.15) is 70.0 Å². The molecule has 5 aromatic rings. The molecule has 0 spiro atoms. The first-order valence-corrected chi connectivity index (χ1v) is 18.9. The van der Waals surface area contributed by atoms with E-state index in [4.69, 9.17) is 16.6 Å². The summed E-state index contributed by atoms with van der Waals surface area (Å²) in [6, 6.07) is 21.9. The maximum atomic E-state index is 13.7. The molecule has 0 radical (unpaired) electrons. The summed E-state index contributed by atoms with van der Waals surface area (Å²) in [5, 5.41) is 30.0. The van der Waals surface area contributed by atoms with Crippen LogP contribution in [0.25, 0.3) is 40.4 Å². The minimum Gasteiger partial charge on any atom is -0.287 e. The van der Waals surface area contributed by atoms with Gasteiger partial charge in [-0.2, -0.15) is 10.5 Å². The van der Waals surface area contributed by atoms with E-state index in [0.29, 0.717) is 33.0 Å². The molecule has 0 saturated carbocycles. The molecule has 0 amide bonds. The van der Waals surface area contributed by atoms with Gasteiger partial charge in [-0.1, -0.05) is 76.2 Å². The van der Waals surface area contributed by atoms with Crippen molar-refractivity contribution in [1.29, 1.82) is 15.8 Å². The second-order valence-corrected chi connectivity index (χ2v) is 17.1. The van der Waals surface area contributed by atoms with Crippen molar-refractivity contribution in [1.82, 2.24) is 0 Å². The lowest BCUT2D eigenvalue weighted by atomic mass is 9.82. The van der Waals surface area contributed by atoms with E-state index >= 15 is 0 Å². The topological polar surface area (TPSA) is 135 Å². The highest BCUT2D eigenvalue weighted by Gasteiger charge is 2.50. The van der Waals surface area contributed by atoms with Crippen LogP contribution < -0.4 is 0 Å². The Labute approximate surface area is 315 Å². The molecule has 0 atom stereocenters. The van der Waals surface area contributed by atoms with Gasteiger partial charge in [-0.3, -0.25) is 9.59 Å². The van der Waals surface area contributed by atoms with E-state index in [2.05, 4.69) is 38.6 Å². The maximum absolute atomic E-state index is 13.7. The summed E-state index contributed by atoms with van der Waals surface area (Å²) in [7, 11) is 0. The van der Waals surface area contributed by atoms with Gasteiger partial charge in [0.15, 0.2) is 0 Å². The van der Waals surface area contributed by atoms with Crippen LogP contribution in [-0.4, -0.2) is 23.0 Å². The molecule has 0 bridgehead atoms. The van der Waals surface area contributed by atoms with E-state index in [0.717, 1.165) is 25.2 Å². The van der Waals surface area contributed by atoms with Crippen molar-refractivity contribution in [3.63, 3.8) is 0 Å². The molecule has 0 N–H and O–H groups in total. The molecule has 4 aliphatic rings. The number of nitrogens with zero attached hydrogens (tertiary/aromatic N) is 6. The van der Waals surface area contributed by atoms with Crippen molar-refractivity contribution in [2.45, 2.75) is 33.1 Å². The van der Waals surface area contributed by atoms with Gasteiger partial charge in [-0.15, -0.1) is 34.0 Å². The third kappa shape index (κ3) is 4.22.